The van der Waals surface area contributed by atoms with Crippen LogP contribution in [0.2, 0.25) is 0 Å². The lowest BCUT2D eigenvalue weighted by Gasteiger charge is -2.19. The summed E-state index contributed by atoms with van der Waals surface area (Å²) in [4.78, 5) is 7.95. The van der Waals surface area contributed by atoms with Crippen molar-refractivity contribution < 1.29 is 30.4 Å². The first-order valence-electron chi connectivity index (χ1n) is 8.22. The smallest absolute Gasteiger partial charge is 0.314 e. The van der Waals surface area contributed by atoms with Crippen molar-refractivity contribution in [3.05, 3.63) is 53.7 Å². The average Bonchev–Trinajstić information content (AvgIpc) is 3.18. The van der Waals surface area contributed by atoms with Crippen molar-refractivity contribution in [3.8, 4) is 11.5 Å². The minimum absolute atomic E-state index is 0.00242. The number of rotatable bonds is 8. The van der Waals surface area contributed by atoms with E-state index in [-0.39, 0.29) is 29.5 Å². The number of nitrogens with one attached hydrogen (secondary N) is 2. The fourth-order valence-corrected chi connectivity index (χ4v) is 2.79. The maximum atomic E-state index is 13.6. The molecule has 2 aromatic heterocycles. The molecular weight excluding hydrogens is 432 g/mol. The zero-order valence-electron chi connectivity index (χ0n) is 15.2. The SMILES string of the molecule is CS(=O)(=O)NC[C@@H](Nc1ncc(-c2nnc(C(F)F)o2)cn1)c1ccc(F)c(F)c1. The summed E-state index contributed by atoms with van der Waals surface area (Å²) in [5.41, 5.74) is 0.398. The van der Waals surface area contributed by atoms with E-state index in [0.29, 0.717) is 0 Å². The van der Waals surface area contributed by atoms with Gasteiger partial charge in [-0.05, 0) is 17.7 Å². The van der Waals surface area contributed by atoms with E-state index in [4.69, 9.17) is 4.42 Å². The number of sulfonamides is 1. The first-order chi connectivity index (χ1) is 14.1. The Hall–Kier alpha value is -3.13. The van der Waals surface area contributed by atoms with Crippen LogP contribution in [0.1, 0.15) is 23.9 Å². The van der Waals surface area contributed by atoms with Crippen LogP contribution in [0.3, 0.4) is 0 Å². The van der Waals surface area contributed by atoms with Gasteiger partial charge in [-0.25, -0.2) is 31.9 Å². The maximum absolute atomic E-state index is 13.6. The van der Waals surface area contributed by atoms with Gasteiger partial charge < -0.3 is 9.73 Å². The monoisotopic (exact) mass is 446 g/mol. The third-order valence-corrected chi connectivity index (χ3v) is 4.42. The second-order valence-electron chi connectivity index (χ2n) is 6.03. The van der Waals surface area contributed by atoms with E-state index in [0.717, 1.165) is 18.4 Å². The van der Waals surface area contributed by atoms with Crippen LogP contribution in [0, 0.1) is 11.6 Å². The Kier molecular flexibility index (Phi) is 6.26. The summed E-state index contributed by atoms with van der Waals surface area (Å²) in [6, 6.07) is 2.24. The summed E-state index contributed by atoms with van der Waals surface area (Å²) < 4.78 is 81.8. The number of anilines is 1. The van der Waals surface area contributed by atoms with E-state index < -0.39 is 40.0 Å². The fraction of sp³-hybridized carbons (Fsp3) is 0.250. The number of halogens is 4. The Balaban J connectivity index is 1.81. The molecule has 0 aliphatic heterocycles. The van der Waals surface area contributed by atoms with Crippen molar-refractivity contribution in [1.82, 2.24) is 24.9 Å². The molecule has 160 valence electrons. The lowest BCUT2D eigenvalue weighted by atomic mass is 10.1. The van der Waals surface area contributed by atoms with Crippen molar-refractivity contribution in [1.29, 1.82) is 0 Å². The standard InChI is InChI=1S/C16H14F4N6O3S/c1-30(27,28)23-7-12(8-2-3-10(17)11(18)4-8)24-16-21-5-9(6-22-16)14-25-26-15(29-14)13(19)20/h2-6,12-13,23H,7H2,1H3,(H,21,22,24)/t12-/m1/s1. The highest BCUT2D eigenvalue weighted by Crippen LogP contribution is 2.24. The molecule has 0 amide bonds. The van der Waals surface area contributed by atoms with Crippen molar-refractivity contribution in [2.45, 2.75) is 12.5 Å². The van der Waals surface area contributed by atoms with Gasteiger partial charge in [-0.15, -0.1) is 10.2 Å². The van der Waals surface area contributed by atoms with E-state index in [2.05, 4.69) is 30.2 Å². The molecule has 2 heterocycles. The van der Waals surface area contributed by atoms with Gasteiger partial charge in [0.25, 0.3) is 11.8 Å². The molecule has 0 unspecified atom stereocenters. The molecule has 14 heteroatoms. The van der Waals surface area contributed by atoms with Gasteiger partial charge in [0.2, 0.25) is 16.0 Å². The van der Waals surface area contributed by atoms with Gasteiger partial charge in [-0.2, -0.15) is 8.78 Å². The van der Waals surface area contributed by atoms with E-state index in [1.807, 2.05) is 0 Å². The first-order valence-corrected chi connectivity index (χ1v) is 10.1. The highest BCUT2D eigenvalue weighted by Gasteiger charge is 2.19. The Labute approximate surface area is 167 Å². The summed E-state index contributed by atoms with van der Waals surface area (Å²) in [5, 5.41) is 9.46. The molecule has 9 nitrogen and oxygen atoms in total. The molecular formula is C16H14F4N6O3S. The molecule has 0 saturated heterocycles. The second-order valence-corrected chi connectivity index (χ2v) is 7.87. The third-order valence-electron chi connectivity index (χ3n) is 3.73. The zero-order chi connectivity index (χ0) is 21.9. The summed E-state index contributed by atoms with van der Waals surface area (Å²) in [7, 11) is -3.57. The minimum atomic E-state index is -3.57. The average molecular weight is 446 g/mol. The van der Waals surface area contributed by atoms with Gasteiger partial charge in [0.15, 0.2) is 11.6 Å². The Morgan fingerprint density at radius 3 is 2.37 bits per heavy atom. The molecule has 30 heavy (non-hydrogen) atoms. The summed E-state index contributed by atoms with van der Waals surface area (Å²) >= 11 is 0. The van der Waals surface area contributed by atoms with Crippen molar-refractivity contribution in [2.75, 3.05) is 18.1 Å². The topological polar surface area (TPSA) is 123 Å². The lowest BCUT2D eigenvalue weighted by molar-refractivity contribution is 0.116. The fourth-order valence-electron chi connectivity index (χ4n) is 2.32. The molecule has 0 aliphatic carbocycles. The highest BCUT2D eigenvalue weighted by atomic mass is 32.2. The Bertz CT molecular complexity index is 1120. The predicted octanol–water partition coefficient (Wildman–Crippen LogP) is 2.44. The quantitative estimate of drug-likeness (QED) is 0.506. The Morgan fingerprint density at radius 1 is 1.10 bits per heavy atom. The van der Waals surface area contributed by atoms with Crippen LogP contribution in [-0.4, -0.2) is 41.4 Å². The summed E-state index contributed by atoms with van der Waals surface area (Å²) in [6.45, 7) is -0.212. The maximum Gasteiger partial charge on any atom is 0.314 e. The minimum Gasteiger partial charge on any atom is -0.415 e. The van der Waals surface area contributed by atoms with E-state index in [1.54, 1.807) is 0 Å². The molecule has 0 bridgehead atoms. The van der Waals surface area contributed by atoms with Gasteiger partial charge in [0.1, 0.15) is 0 Å². The van der Waals surface area contributed by atoms with E-state index >= 15 is 0 Å². The molecule has 0 fully saturated rings. The molecule has 0 spiro atoms. The van der Waals surface area contributed by atoms with Gasteiger partial charge >= 0.3 is 6.43 Å². The van der Waals surface area contributed by atoms with Gasteiger partial charge in [0.05, 0.1) is 17.9 Å². The van der Waals surface area contributed by atoms with Crippen molar-refractivity contribution >= 4 is 16.0 Å². The van der Waals surface area contributed by atoms with E-state index in [9.17, 15) is 26.0 Å². The molecule has 1 aromatic carbocycles. The number of aromatic nitrogens is 4. The molecule has 2 N–H and O–H groups in total. The second kappa shape index (κ2) is 8.71. The molecule has 3 aromatic rings. The van der Waals surface area contributed by atoms with Crippen LogP contribution in [0.25, 0.3) is 11.5 Å². The van der Waals surface area contributed by atoms with Crippen LogP contribution in [0.15, 0.2) is 35.0 Å². The van der Waals surface area contributed by atoms with Crippen molar-refractivity contribution in [3.63, 3.8) is 0 Å². The molecule has 3 rings (SSSR count). The number of benzene rings is 1. The molecule has 0 radical (unpaired) electrons. The first kappa shape index (κ1) is 21.6. The normalized spacial score (nSPS) is 12.9. The molecule has 0 aliphatic rings. The summed E-state index contributed by atoms with van der Waals surface area (Å²) in [6.07, 6.45) is 0.445. The zero-order valence-corrected chi connectivity index (χ0v) is 16.0. The number of hydrogen-bond acceptors (Lipinski definition) is 8. The largest absolute Gasteiger partial charge is 0.415 e. The number of alkyl halides is 2. The van der Waals surface area contributed by atoms with Crippen LogP contribution >= 0.6 is 0 Å². The third kappa shape index (κ3) is 5.48. The number of hydrogen-bond donors (Lipinski definition) is 2. The molecule has 1 atom stereocenters. The van der Waals surface area contributed by atoms with Crippen LogP contribution in [0.5, 0.6) is 0 Å². The van der Waals surface area contributed by atoms with Crippen LogP contribution in [-0.2, 0) is 10.0 Å². The van der Waals surface area contributed by atoms with Gasteiger partial charge in [-0.1, -0.05) is 6.07 Å². The Morgan fingerprint density at radius 2 is 1.80 bits per heavy atom. The number of nitrogens with zero attached hydrogens (tertiary/aromatic N) is 4. The van der Waals surface area contributed by atoms with Crippen molar-refractivity contribution in [2.24, 2.45) is 0 Å². The predicted molar refractivity (Wildman–Crippen MR) is 95.8 cm³/mol. The van der Waals surface area contributed by atoms with E-state index in [1.165, 1.54) is 18.5 Å². The highest BCUT2D eigenvalue weighted by molar-refractivity contribution is 7.88. The summed E-state index contributed by atoms with van der Waals surface area (Å²) in [5.74, 6) is -3.24. The lowest BCUT2D eigenvalue weighted by Crippen LogP contribution is -2.31. The van der Waals surface area contributed by atoms with Crippen LogP contribution < -0.4 is 10.0 Å². The molecule has 0 saturated carbocycles. The van der Waals surface area contributed by atoms with Gasteiger partial charge in [-0.3, -0.25) is 0 Å². The van der Waals surface area contributed by atoms with Crippen LogP contribution in [0.4, 0.5) is 23.5 Å². The van der Waals surface area contributed by atoms with Gasteiger partial charge in [0, 0.05) is 18.9 Å².